The van der Waals surface area contributed by atoms with Gasteiger partial charge in [-0.25, -0.2) is 0 Å². The van der Waals surface area contributed by atoms with E-state index in [2.05, 4.69) is 148 Å². The van der Waals surface area contributed by atoms with Crippen molar-refractivity contribution in [2.24, 2.45) is 0 Å². The van der Waals surface area contributed by atoms with Gasteiger partial charge < -0.3 is 0 Å². The number of hydrogen-bond acceptors (Lipinski definition) is 0. The van der Waals surface area contributed by atoms with Crippen LogP contribution in [0.25, 0.3) is 0 Å². The normalized spacial score (nSPS) is 14.4. The average Bonchev–Trinajstić information content (AvgIpc) is 2.62. The molecule has 0 aliphatic rings. The van der Waals surface area contributed by atoms with E-state index in [1.165, 1.54) is 38.9 Å². The molecule has 2 rings (SSSR count). The zero-order valence-corrected chi connectivity index (χ0v) is 26.4. The molecule has 2 aromatic rings. The molecule has 0 aromatic heterocycles. The van der Waals surface area contributed by atoms with Crippen LogP contribution in [0.1, 0.15) is 157 Å². The molecule has 0 amide bonds. The molecule has 0 unspecified atom stereocenters. The summed E-state index contributed by atoms with van der Waals surface area (Å²) in [6.07, 6.45) is 0. The molecule has 0 aliphatic carbocycles. The van der Waals surface area contributed by atoms with Gasteiger partial charge in [0.1, 0.15) is 0 Å². The van der Waals surface area contributed by atoms with E-state index in [0.717, 1.165) is 0 Å². The minimum absolute atomic E-state index is 0.0229. The van der Waals surface area contributed by atoms with Gasteiger partial charge in [0.05, 0.1) is 0 Å². The summed E-state index contributed by atoms with van der Waals surface area (Å²) in [7, 11) is 0. The Morgan fingerprint density at radius 2 is 0.600 bits per heavy atom. The third-order valence-electron chi connectivity index (χ3n) is 7.50. The Morgan fingerprint density at radius 3 is 0.886 bits per heavy atom. The van der Waals surface area contributed by atoms with E-state index in [4.69, 9.17) is 0 Å². The van der Waals surface area contributed by atoms with Crippen molar-refractivity contribution in [2.75, 3.05) is 0 Å². The molecule has 0 saturated carbocycles. The van der Waals surface area contributed by atoms with E-state index < -0.39 is 0 Å². The number of rotatable bonds is 2. The van der Waals surface area contributed by atoms with Crippen molar-refractivity contribution >= 4 is 0 Å². The zero-order valence-electron chi connectivity index (χ0n) is 26.4. The Balaban J connectivity index is 3.29. The molecule has 0 nitrogen and oxygen atoms in total. The Labute approximate surface area is 219 Å². The van der Waals surface area contributed by atoms with Gasteiger partial charge in [0, 0.05) is 5.41 Å². The molecule has 0 bridgehead atoms. The smallest absolute Gasteiger partial charge is 0.0158 e. The van der Waals surface area contributed by atoms with E-state index in [0.29, 0.717) is 0 Å². The first-order valence-corrected chi connectivity index (χ1v) is 13.7. The fourth-order valence-electron chi connectivity index (χ4n) is 5.88. The molecule has 0 heterocycles. The first kappa shape index (κ1) is 29.7. The van der Waals surface area contributed by atoms with Crippen LogP contribution in [-0.2, 0) is 32.5 Å². The maximum Gasteiger partial charge on any atom is 0.0158 e. The lowest BCUT2D eigenvalue weighted by molar-refractivity contribution is 0.472. The lowest BCUT2D eigenvalue weighted by atomic mass is 9.59. The SMILES string of the molecule is CC(C)(C)c1ccc(C(C)(C)C)c(C(C)(C)c2c(C(C)(C)C)cccc2C(C)(C)C)c1C(C)(C)C. The Kier molecular flexibility index (Phi) is 7.44. The predicted molar refractivity (Wildman–Crippen MR) is 159 cm³/mol. The maximum atomic E-state index is 2.50. The van der Waals surface area contributed by atoms with Crippen molar-refractivity contribution in [3.63, 3.8) is 0 Å². The summed E-state index contributed by atoms with van der Waals surface area (Å²) in [5.41, 5.74) is 10.6. The Bertz CT molecular complexity index is 1020. The second kappa shape index (κ2) is 8.78. The van der Waals surface area contributed by atoms with Gasteiger partial charge in [0.15, 0.2) is 0 Å². The van der Waals surface area contributed by atoms with Crippen molar-refractivity contribution in [1.82, 2.24) is 0 Å². The third-order valence-corrected chi connectivity index (χ3v) is 7.50. The van der Waals surface area contributed by atoms with Crippen LogP contribution in [0.2, 0.25) is 0 Å². The third kappa shape index (κ3) is 5.89. The van der Waals surface area contributed by atoms with Gasteiger partial charge in [-0.2, -0.15) is 0 Å². The molecule has 0 saturated heterocycles. The molecule has 0 atom stereocenters. The zero-order chi connectivity index (χ0) is 27.6. The summed E-state index contributed by atoms with van der Waals surface area (Å²) in [4.78, 5) is 0. The monoisotopic (exact) mass is 476 g/mol. The highest BCUT2D eigenvalue weighted by atomic mass is 14.5. The minimum atomic E-state index is -0.168. The van der Waals surface area contributed by atoms with Gasteiger partial charge in [0.2, 0.25) is 0 Å². The highest BCUT2D eigenvalue weighted by Crippen LogP contribution is 2.51. The van der Waals surface area contributed by atoms with Gasteiger partial charge in [-0.3, -0.25) is 0 Å². The predicted octanol–water partition coefficient (Wildman–Crippen LogP) is 10.5. The Hall–Kier alpha value is -1.56. The molecule has 0 radical (unpaired) electrons. The van der Waals surface area contributed by atoms with E-state index in [1.54, 1.807) is 0 Å². The minimum Gasteiger partial charge on any atom is -0.0617 e. The van der Waals surface area contributed by atoms with Crippen LogP contribution < -0.4 is 0 Å². The van der Waals surface area contributed by atoms with Gasteiger partial charge in [-0.15, -0.1) is 0 Å². The molecule has 0 spiro atoms. The van der Waals surface area contributed by atoms with Crippen molar-refractivity contribution in [2.45, 2.75) is 150 Å². The first-order valence-electron chi connectivity index (χ1n) is 13.7. The lowest BCUT2D eigenvalue weighted by Gasteiger charge is -2.45. The molecular weight excluding hydrogens is 420 g/mol. The van der Waals surface area contributed by atoms with Gasteiger partial charge in [-0.05, 0) is 66.0 Å². The molecule has 35 heavy (non-hydrogen) atoms. The van der Waals surface area contributed by atoms with Crippen LogP contribution >= 0.6 is 0 Å². The molecule has 196 valence electrons. The lowest BCUT2D eigenvalue weighted by Crippen LogP contribution is -2.37. The number of hydrogen-bond donors (Lipinski definition) is 0. The quantitative estimate of drug-likeness (QED) is 0.404. The standard InChI is InChI=1S/C35H56/c1-30(2,3)23-19-18-20-24(31(4,5)6)27(23)35(16,17)29-26(33(10,11)12)22-21-25(32(7,8)9)28(29)34(13,14)15/h18-22H,1-17H3. The second-order valence-corrected chi connectivity index (χ2v) is 16.5. The number of benzene rings is 2. The molecule has 2 aromatic carbocycles. The first-order chi connectivity index (χ1) is 15.3. The summed E-state index contributed by atoms with van der Waals surface area (Å²) in [5, 5.41) is 0. The van der Waals surface area contributed by atoms with E-state index in [-0.39, 0.29) is 32.5 Å². The molecule has 0 heteroatoms. The summed E-state index contributed by atoms with van der Waals surface area (Å²) >= 11 is 0. The molecule has 0 N–H and O–H groups in total. The Morgan fingerprint density at radius 1 is 0.314 bits per heavy atom. The molecule has 0 aliphatic heterocycles. The van der Waals surface area contributed by atoms with E-state index in [1.807, 2.05) is 0 Å². The van der Waals surface area contributed by atoms with Gasteiger partial charge in [-0.1, -0.05) is 148 Å². The summed E-state index contributed by atoms with van der Waals surface area (Å²) < 4.78 is 0. The fraction of sp³-hybridized carbons (Fsp3) is 0.657. The molecule has 0 fully saturated rings. The second-order valence-electron chi connectivity index (χ2n) is 16.5. The summed E-state index contributed by atoms with van der Waals surface area (Å²) in [6.45, 7) is 40.7. The molecular formula is C35H56. The van der Waals surface area contributed by atoms with Crippen molar-refractivity contribution in [3.8, 4) is 0 Å². The van der Waals surface area contributed by atoms with Crippen LogP contribution in [0.15, 0.2) is 30.3 Å². The largest absolute Gasteiger partial charge is 0.0617 e. The van der Waals surface area contributed by atoms with Crippen LogP contribution in [0.5, 0.6) is 0 Å². The van der Waals surface area contributed by atoms with Crippen LogP contribution in [0.4, 0.5) is 0 Å². The highest BCUT2D eigenvalue weighted by molar-refractivity contribution is 5.60. The van der Waals surface area contributed by atoms with Crippen LogP contribution in [0, 0.1) is 0 Å². The van der Waals surface area contributed by atoms with Crippen molar-refractivity contribution in [1.29, 1.82) is 0 Å². The summed E-state index contributed by atoms with van der Waals surface area (Å²) in [6, 6.07) is 11.9. The van der Waals surface area contributed by atoms with Crippen molar-refractivity contribution in [3.05, 3.63) is 69.3 Å². The summed E-state index contributed by atoms with van der Waals surface area (Å²) in [5.74, 6) is 0. The highest BCUT2D eigenvalue weighted by Gasteiger charge is 2.42. The van der Waals surface area contributed by atoms with Gasteiger partial charge >= 0.3 is 0 Å². The van der Waals surface area contributed by atoms with E-state index in [9.17, 15) is 0 Å². The van der Waals surface area contributed by atoms with Crippen LogP contribution in [0.3, 0.4) is 0 Å². The average molecular weight is 477 g/mol. The maximum absolute atomic E-state index is 2.50. The van der Waals surface area contributed by atoms with Crippen LogP contribution in [-0.4, -0.2) is 0 Å². The van der Waals surface area contributed by atoms with Crippen molar-refractivity contribution < 1.29 is 0 Å². The fourth-order valence-corrected chi connectivity index (χ4v) is 5.88. The topological polar surface area (TPSA) is 0 Å². The van der Waals surface area contributed by atoms with E-state index >= 15 is 0 Å². The van der Waals surface area contributed by atoms with Gasteiger partial charge in [0.25, 0.3) is 0 Å².